The molecular formula is C16H20N4O3S. The highest BCUT2D eigenvalue weighted by Gasteiger charge is 2.09. The highest BCUT2D eigenvalue weighted by Crippen LogP contribution is 2.25. The molecule has 2 rings (SSSR count). The van der Waals surface area contributed by atoms with E-state index >= 15 is 0 Å². The van der Waals surface area contributed by atoms with Crippen LogP contribution in [-0.4, -0.2) is 27.2 Å². The Hall–Kier alpha value is -2.32. The second-order valence-corrected chi connectivity index (χ2v) is 6.25. The lowest BCUT2D eigenvalue weighted by Crippen LogP contribution is -2.17. The smallest absolute Gasteiger partial charge is 0.243 e. The minimum atomic E-state index is -0.377. The van der Waals surface area contributed by atoms with Gasteiger partial charge in [-0.25, -0.2) is 5.48 Å². The van der Waals surface area contributed by atoms with E-state index in [9.17, 15) is 9.59 Å². The maximum Gasteiger partial charge on any atom is 0.243 e. The zero-order valence-electron chi connectivity index (χ0n) is 13.2. The predicted octanol–water partition coefficient (Wildman–Crippen LogP) is 2.99. The van der Waals surface area contributed by atoms with Gasteiger partial charge in [-0.2, -0.15) is 0 Å². The molecule has 0 unspecified atom stereocenters. The number of hydrogen-bond acceptors (Lipinski definition) is 6. The van der Waals surface area contributed by atoms with E-state index in [4.69, 9.17) is 5.21 Å². The van der Waals surface area contributed by atoms with Crippen molar-refractivity contribution in [2.24, 2.45) is 0 Å². The van der Waals surface area contributed by atoms with Crippen LogP contribution in [0.1, 0.15) is 38.5 Å². The summed E-state index contributed by atoms with van der Waals surface area (Å²) in [6.45, 7) is 0. The van der Waals surface area contributed by atoms with E-state index in [2.05, 4.69) is 15.5 Å². The van der Waals surface area contributed by atoms with Gasteiger partial charge in [0.25, 0.3) is 0 Å². The molecule has 0 bridgehead atoms. The van der Waals surface area contributed by atoms with E-state index in [-0.39, 0.29) is 11.8 Å². The lowest BCUT2D eigenvalue weighted by Gasteiger charge is -2.02. The second kappa shape index (κ2) is 9.74. The molecule has 0 aliphatic heterocycles. The van der Waals surface area contributed by atoms with Crippen molar-refractivity contribution in [2.75, 3.05) is 5.32 Å². The molecule has 1 aromatic carbocycles. The first-order valence-corrected chi connectivity index (χ1v) is 8.62. The minimum absolute atomic E-state index is 0.0844. The monoisotopic (exact) mass is 348 g/mol. The van der Waals surface area contributed by atoms with Crippen LogP contribution in [0.2, 0.25) is 0 Å². The van der Waals surface area contributed by atoms with Crippen molar-refractivity contribution in [1.29, 1.82) is 0 Å². The summed E-state index contributed by atoms with van der Waals surface area (Å²) in [6, 6.07) is 9.69. The van der Waals surface area contributed by atoms with Gasteiger partial charge in [-0.1, -0.05) is 54.5 Å². The molecule has 0 saturated carbocycles. The lowest BCUT2D eigenvalue weighted by molar-refractivity contribution is -0.129. The van der Waals surface area contributed by atoms with Crippen molar-refractivity contribution in [3.8, 4) is 10.6 Å². The SMILES string of the molecule is O=C(CCCCCCC(=O)Nc1nnc(-c2ccccc2)s1)NO. The Kier molecular flexibility index (Phi) is 7.31. The van der Waals surface area contributed by atoms with Gasteiger partial charge in [-0.15, -0.1) is 10.2 Å². The molecule has 0 atom stereocenters. The van der Waals surface area contributed by atoms with Gasteiger partial charge in [0, 0.05) is 18.4 Å². The molecule has 2 aromatic rings. The van der Waals surface area contributed by atoms with Crippen LogP contribution < -0.4 is 10.8 Å². The Balaban J connectivity index is 1.66. The van der Waals surface area contributed by atoms with Crippen molar-refractivity contribution < 1.29 is 14.8 Å². The molecule has 0 radical (unpaired) electrons. The van der Waals surface area contributed by atoms with Crippen molar-refractivity contribution in [3.63, 3.8) is 0 Å². The summed E-state index contributed by atoms with van der Waals surface area (Å²) in [5.41, 5.74) is 2.57. The number of nitrogens with one attached hydrogen (secondary N) is 2. The molecule has 128 valence electrons. The number of hydrogen-bond donors (Lipinski definition) is 3. The molecule has 3 N–H and O–H groups in total. The third kappa shape index (κ3) is 6.05. The van der Waals surface area contributed by atoms with Gasteiger partial charge < -0.3 is 5.32 Å². The first kappa shape index (κ1) is 18.0. The summed E-state index contributed by atoms with van der Waals surface area (Å²) >= 11 is 1.35. The maximum absolute atomic E-state index is 11.9. The first-order valence-electron chi connectivity index (χ1n) is 7.81. The average molecular weight is 348 g/mol. The van der Waals surface area contributed by atoms with Gasteiger partial charge in [0.15, 0.2) is 0 Å². The fourth-order valence-corrected chi connectivity index (χ4v) is 2.90. The Morgan fingerprint density at radius 2 is 1.62 bits per heavy atom. The van der Waals surface area contributed by atoms with Crippen molar-refractivity contribution in [3.05, 3.63) is 30.3 Å². The highest BCUT2D eigenvalue weighted by molar-refractivity contribution is 7.18. The van der Waals surface area contributed by atoms with Crippen molar-refractivity contribution >= 4 is 28.3 Å². The molecular weight excluding hydrogens is 328 g/mol. The van der Waals surface area contributed by atoms with Crippen LogP contribution in [0.5, 0.6) is 0 Å². The van der Waals surface area contributed by atoms with Gasteiger partial charge in [0.2, 0.25) is 16.9 Å². The third-order valence-corrected chi connectivity index (χ3v) is 4.26. The van der Waals surface area contributed by atoms with Crippen LogP contribution in [0.25, 0.3) is 10.6 Å². The zero-order valence-corrected chi connectivity index (χ0v) is 14.0. The molecule has 0 aliphatic rings. The van der Waals surface area contributed by atoms with E-state index < -0.39 is 0 Å². The van der Waals surface area contributed by atoms with Crippen LogP contribution >= 0.6 is 11.3 Å². The van der Waals surface area contributed by atoms with E-state index in [1.165, 1.54) is 11.3 Å². The quantitative estimate of drug-likeness (QED) is 0.367. The first-order chi connectivity index (χ1) is 11.7. The van der Waals surface area contributed by atoms with E-state index in [1.807, 2.05) is 30.3 Å². The van der Waals surface area contributed by atoms with E-state index in [0.717, 1.165) is 29.8 Å². The van der Waals surface area contributed by atoms with Gasteiger partial charge >= 0.3 is 0 Å². The molecule has 0 saturated heterocycles. The number of unbranched alkanes of at least 4 members (excludes halogenated alkanes) is 3. The Bertz CT molecular complexity index is 660. The van der Waals surface area contributed by atoms with Crippen LogP contribution in [0.4, 0.5) is 5.13 Å². The van der Waals surface area contributed by atoms with Crippen LogP contribution in [0.3, 0.4) is 0 Å². The number of carbonyl (C=O) groups is 2. The predicted molar refractivity (Wildman–Crippen MR) is 91.6 cm³/mol. The summed E-state index contributed by atoms with van der Waals surface area (Å²) in [5.74, 6) is -0.461. The number of rotatable bonds is 9. The molecule has 24 heavy (non-hydrogen) atoms. The summed E-state index contributed by atoms with van der Waals surface area (Å²) in [4.78, 5) is 22.7. The summed E-state index contributed by atoms with van der Waals surface area (Å²) in [5, 5.41) is 20.5. The molecule has 8 heteroatoms. The molecule has 1 heterocycles. The summed E-state index contributed by atoms with van der Waals surface area (Å²) in [7, 11) is 0. The second-order valence-electron chi connectivity index (χ2n) is 5.28. The maximum atomic E-state index is 11.9. The van der Waals surface area contributed by atoms with Gasteiger partial charge in [0.05, 0.1) is 0 Å². The number of aromatic nitrogens is 2. The molecule has 0 fully saturated rings. The number of amides is 2. The Morgan fingerprint density at radius 1 is 0.958 bits per heavy atom. The fourth-order valence-electron chi connectivity index (χ4n) is 2.13. The topological polar surface area (TPSA) is 104 Å². The van der Waals surface area contributed by atoms with Gasteiger partial charge in [0.1, 0.15) is 5.01 Å². The normalized spacial score (nSPS) is 10.4. The molecule has 7 nitrogen and oxygen atoms in total. The van der Waals surface area contributed by atoms with Crippen LogP contribution in [0, 0.1) is 0 Å². The highest BCUT2D eigenvalue weighted by atomic mass is 32.1. The molecule has 1 aromatic heterocycles. The minimum Gasteiger partial charge on any atom is -0.301 e. The van der Waals surface area contributed by atoms with Crippen molar-refractivity contribution in [2.45, 2.75) is 38.5 Å². The van der Waals surface area contributed by atoms with E-state index in [1.54, 1.807) is 5.48 Å². The lowest BCUT2D eigenvalue weighted by atomic mass is 10.1. The van der Waals surface area contributed by atoms with E-state index in [0.29, 0.717) is 24.4 Å². The molecule has 2 amide bonds. The number of nitrogens with zero attached hydrogens (tertiary/aromatic N) is 2. The summed E-state index contributed by atoms with van der Waals surface area (Å²) < 4.78 is 0. The van der Waals surface area contributed by atoms with Crippen LogP contribution in [0.15, 0.2) is 30.3 Å². The molecule has 0 spiro atoms. The number of carbonyl (C=O) groups excluding carboxylic acids is 2. The average Bonchev–Trinajstić information content (AvgIpc) is 3.07. The number of benzene rings is 1. The van der Waals surface area contributed by atoms with Gasteiger partial charge in [-0.3, -0.25) is 14.8 Å². The zero-order chi connectivity index (χ0) is 17.2. The van der Waals surface area contributed by atoms with Crippen LogP contribution in [-0.2, 0) is 9.59 Å². The van der Waals surface area contributed by atoms with Crippen molar-refractivity contribution in [1.82, 2.24) is 15.7 Å². The standard InChI is InChI=1S/C16H20N4O3S/c21-13(10-6-1-2-7-11-14(22)20-23)17-16-19-18-15(24-16)12-8-4-3-5-9-12/h3-5,8-9,23H,1-2,6-7,10-11H2,(H,20,22)(H,17,19,21). The largest absolute Gasteiger partial charge is 0.301 e. The fraction of sp³-hybridized carbons (Fsp3) is 0.375. The third-order valence-electron chi connectivity index (χ3n) is 3.37. The molecule has 0 aliphatic carbocycles. The summed E-state index contributed by atoms with van der Waals surface area (Å²) in [6.07, 6.45) is 3.86. The number of anilines is 1. The number of hydroxylamine groups is 1. The van der Waals surface area contributed by atoms with Gasteiger partial charge in [-0.05, 0) is 12.8 Å². The Labute approximate surface area is 144 Å². The Morgan fingerprint density at radius 3 is 2.29 bits per heavy atom.